The Kier molecular flexibility index (Phi) is 8.81. The third-order valence-corrected chi connectivity index (χ3v) is 9.66. The van der Waals surface area contributed by atoms with Gasteiger partial charge in [-0.2, -0.15) is 0 Å². The number of aliphatic imine (C=N–C) groups is 1. The largest absolute Gasteiger partial charge is 0.443 e. The lowest BCUT2D eigenvalue weighted by atomic mass is 9.87. The Morgan fingerprint density at radius 3 is 2.40 bits per heavy atom. The Balaban J connectivity index is 1.33. The number of amides is 2. The van der Waals surface area contributed by atoms with E-state index in [1.165, 1.54) is 0 Å². The molecule has 2 amide bonds. The number of nitrogens with one attached hydrogen (secondary N) is 1. The van der Waals surface area contributed by atoms with E-state index in [-0.39, 0.29) is 17.7 Å². The molecule has 2 aromatic rings. The van der Waals surface area contributed by atoms with Crippen molar-refractivity contribution in [3.05, 3.63) is 70.3 Å². The first-order valence-electron chi connectivity index (χ1n) is 15.9. The second-order valence-electron chi connectivity index (χ2n) is 13.2. The molecule has 1 saturated heterocycles. The number of aromatic nitrogens is 2. The van der Waals surface area contributed by atoms with E-state index in [9.17, 15) is 9.59 Å². The van der Waals surface area contributed by atoms with Crippen LogP contribution >= 0.6 is 11.6 Å². The van der Waals surface area contributed by atoms with Gasteiger partial charge in [0.25, 0.3) is 0 Å². The first-order valence-corrected chi connectivity index (χ1v) is 16.3. The predicted octanol–water partition coefficient (Wildman–Crippen LogP) is 6.25. The van der Waals surface area contributed by atoms with Crippen LogP contribution in [0.1, 0.15) is 81.8 Å². The molecule has 2 aliphatic heterocycles. The number of allylic oxidation sites excluding steroid dienone is 1. The summed E-state index contributed by atoms with van der Waals surface area (Å²) in [5.74, 6) is 0. The molecular weight excluding hydrogens is 592 g/mol. The molecule has 6 rings (SSSR count). The third kappa shape index (κ3) is 7.44. The minimum atomic E-state index is -0.570. The van der Waals surface area contributed by atoms with E-state index in [0.717, 1.165) is 60.1 Å². The summed E-state index contributed by atoms with van der Waals surface area (Å²) in [6.07, 6.45) is 13.3. The highest BCUT2D eigenvalue weighted by Crippen LogP contribution is 2.42. The van der Waals surface area contributed by atoms with Crippen LogP contribution in [-0.2, 0) is 16.5 Å². The van der Waals surface area contributed by atoms with Gasteiger partial charge in [0.15, 0.2) is 0 Å². The van der Waals surface area contributed by atoms with Crippen LogP contribution in [0.5, 0.6) is 0 Å². The van der Waals surface area contributed by atoms with Gasteiger partial charge in [-0.3, -0.25) is 9.89 Å². The number of imidazole rings is 1. The third-order valence-electron chi connectivity index (χ3n) is 9.43. The number of nitrogens with zero attached hydrogens (tertiary/aromatic N) is 5. The van der Waals surface area contributed by atoms with E-state index in [2.05, 4.69) is 45.3 Å². The van der Waals surface area contributed by atoms with Crippen LogP contribution in [0.15, 0.2) is 53.4 Å². The first kappa shape index (κ1) is 31.4. The van der Waals surface area contributed by atoms with Gasteiger partial charge >= 0.3 is 12.2 Å². The number of hydrogen-bond donors (Lipinski definition) is 1. The molecule has 1 N–H and O–H groups in total. The number of hydrogen-bond acceptors (Lipinski definition) is 7. The van der Waals surface area contributed by atoms with E-state index in [0.29, 0.717) is 37.7 Å². The number of halogens is 1. The zero-order valence-corrected chi connectivity index (χ0v) is 27.3. The first-order chi connectivity index (χ1) is 21.5. The van der Waals surface area contributed by atoms with Crippen LogP contribution in [0.3, 0.4) is 0 Å². The Morgan fingerprint density at radius 1 is 1.07 bits per heavy atom. The lowest BCUT2D eigenvalue weighted by molar-refractivity contribution is 0.0367. The molecule has 2 atom stereocenters. The monoisotopic (exact) mass is 634 g/mol. The maximum absolute atomic E-state index is 13.3. The maximum Gasteiger partial charge on any atom is 0.410 e. The number of aryl methyl sites for hydroxylation is 1. The van der Waals surface area contributed by atoms with Gasteiger partial charge in [-0.05, 0) is 80.9 Å². The molecule has 11 heteroatoms. The van der Waals surface area contributed by atoms with Gasteiger partial charge < -0.3 is 24.3 Å². The Morgan fingerprint density at radius 2 is 1.78 bits per heavy atom. The molecule has 4 aliphatic rings. The van der Waals surface area contributed by atoms with Crippen molar-refractivity contribution >= 4 is 35.6 Å². The van der Waals surface area contributed by atoms with Crippen LogP contribution in [0.4, 0.5) is 9.59 Å². The summed E-state index contributed by atoms with van der Waals surface area (Å²) in [4.78, 5) is 39.2. The van der Waals surface area contributed by atoms with Gasteiger partial charge in [0.2, 0.25) is 0 Å². The van der Waals surface area contributed by atoms with Crippen molar-refractivity contribution in [2.45, 2.75) is 76.2 Å². The second kappa shape index (κ2) is 12.6. The minimum Gasteiger partial charge on any atom is -0.443 e. The number of carbonyl (C=O) groups is 2. The molecule has 1 aromatic carbocycles. The number of carbonyl (C=O) groups excluding carboxylic acids is 2. The molecule has 10 nitrogen and oxygen atoms in total. The van der Waals surface area contributed by atoms with Crippen LogP contribution < -0.4 is 5.32 Å². The standard InChI is InChI=1S/C34H43ClN6O4/c1-23(40-14-16-41(17-15-40)32(43)45-34(3)11-12-34)26-8-7-25(35)19-27(26)28(18-24-6-5-13-36-20-24)30(29-21-37-22-39(29)4)38-31(42)44-33(2)9-10-33/h6-8,13,18-19,21-23,30H,5,9-12,14-17,20H2,1-4H3,(H,38,42)/b28-18+. The predicted molar refractivity (Wildman–Crippen MR) is 174 cm³/mol. The van der Waals surface area contributed by atoms with Crippen LogP contribution in [0, 0.1) is 0 Å². The summed E-state index contributed by atoms with van der Waals surface area (Å²) in [7, 11) is 1.92. The molecule has 3 heterocycles. The number of piperazine rings is 1. The maximum atomic E-state index is 13.3. The van der Waals surface area contributed by atoms with Crippen LogP contribution in [0.25, 0.3) is 5.57 Å². The molecule has 2 saturated carbocycles. The van der Waals surface area contributed by atoms with Crippen molar-refractivity contribution in [2.24, 2.45) is 12.0 Å². The fraction of sp³-hybridized carbons (Fsp3) is 0.529. The molecule has 45 heavy (non-hydrogen) atoms. The Bertz CT molecular complexity index is 1530. The summed E-state index contributed by atoms with van der Waals surface area (Å²) in [5, 5.41) is 3.78. The van der Waals surface area contributed by atoms with Crippen molar-refractivity contribution in [1.29, 1.82) is 0 Å². The summed E-state index contributed by atoms with van der Waals surface area (Å²) in [5.41, 5.74) is 4.04. The molecule has 240 valence electrons. The molecule has 2 aliphatic carbocycles. The molecule has 0 spiro atoms. The summed E-state index contributed by atoms with van der Waals surface area (Å²) in [6.45, 7) is 9.29. The van der Waals surface area contributed by atoms with Crippen molar-refractivity contribution in [3.8, 4) is 0 Å². The van der Waals surface area contributed by atoms with Gasteiger partial charge in [0.05, 0.1) is 30.8 Å². The molecular formula is C34H43ClN6O4. The van der Waals surface area contributed by atoms with Crippen molar-refractivity contribution in [2.75, 3.05) is 32.7 Å². The lowest BCUT2D eigenvalue weighted by Gasteiger charge is -2.39. The summed E-state index contributed by atoms with van der Waals surface area (Å²) in [6, 6.07) is 5.40. The molecule has 0 radical (unpaired) electrons. The van der Waals surface area contributed by atoms with Crippen molar-refractivity contribution < 1.29 is 19.1 Å². The zero-order chi connectivity index (χ0) is 31.8. The van der Waals surface area contributed by atoms with E-state index in [1.807, 2.05) is 48.7 Å². The Labute approximate surface area is 270 Å². The van der Waals surface area contributed by atoms with Gasteiger partial charge in [0.1, 0.15) is 11.2 Å². The van der Waals surface area contributed by atoms with Crippen LogP contribution in [0.2, 0.25) is 5.02 Å². The smallest absolute Gasteiger partial charge is 0.410 e. The SMILES string of the molecule is CC(c1ccc(Cl)cc1/C(=C\C1=CCC=NC1)C(NC(=O)OC1(C)CC1)c1cncn1C)N1CCN(C(=O)OC2(C)CC2)CC1. The summed E-state index contributed by atoms with van der Waals surface area (Å²) >= 11 is 6.70. The summed E-state index contributed by atoms with van der Waals surface area (Å²) < 4.78 is 13.5. The fourth-order valence-electron chi connectivity index (χ4n) is 5.92. The number of dihydropyridines is 1. The zero-order valence-electron chi connectivity index (χ0n) is 26.6. The van der Waals surface area contributed by atoms with Gasteiger partial charge in [0, 0.05) is 56.9 Å². The quantitative estimate of drug-likeness (QED) is 0.350. The van der Waals surface area contributed by atoms with Gasteiger partial charge in [-0.15, -0.1) is 0 Å². The van der Waals surface area contributed by atoms with Crippen LogP contribution in [-0.4, -0.2) is 81.7 Å². The average molecular weight is 635 g/mol. The normalized spacial score (nSPS) is 21.8. The molecule has 2 unspecified atom stereocenters. The highest BCUT2D eigenvalue weighted by atomic mass is 35.5. The lowest BCUT2D eigenvalue weighted by Crippen LogP contribution is -2.50. The van der Waals surface area contributed by atoms with E-state index in [1.54, 1.807) is 12.5 Å². The van der Waals surface area contributed by atoms with Gasteiger partial charge in [-0.25, -0.2) is 14.6 Å². The van der Waals surface area contributed by atoms with Gasteiger partial charge in [-0.1, -0.05) is 29.8 Å². The molecule has 3 fully saturated rings. The Hall–Kier alpha value is -3.63. The number of alkyl carbamates (subject to hydrolysis) is 1. The van der Waals surface area contributed by atoms with Crippen molar-refractivity contribution in [3.63, 3.8) is 0 Å². The van der Waals surface area contributed by atoms with E-state index < -0.39 is 17.7 Å². The molecule has 1 aromatic heterocycles. The number of ether oxygens (including phenoxy) is 2. The minimum absolute atomic E-state index is 0.00246. The van der Waals surface area contributed by atoms with Crippen molar-refractivity contribution in [1.82, 2.24) is 24.7 Å². The second-order valence-corrected chi connectivity index (χ2v) is 13.7. The molecule has 0 bridgehead atoms. The highest BCUT2D eigenvalue weighted by molar-refractivity contribution is 6.30. The number of benzene rings is 1. The number of rotatable bonds is 9. The van der Waals surface area contributed by atoms with E-state index in [4.69, 9.17) is 21.1 Å². The van der Waals surface area contributed by atoms with E-state index >= 15 is 0 Å². The topological polar surface area (TPSA) is 101 Å². The average Bonchev–Trinajstić information content (AvgIpc) is 3.90. The highest BCUT2D eigenvalue weighted by Gasteiger charge is 2.44. The fourth-order valence-corrected chi connectivity index (χ4v) is 6.10.